The molecule has 1 aliphatic heterocycles. The number of benzene rings is 1. The van der Waals surface area contributed by atoms with E-state index in [1.807, 2.05) is 18.2 Å². The van der Waals surface area contributed by atoms with Crippen molar-refractivity contribution in [3.8, 4) is 0 Å². The summed E-state index contributed by atoms with van der Waals surface area (Å²) in [7, 11) is 0. The molecule has 1 saturated heterocycles. The van der Waals surface area contributed by atoms with Gasteiger partial charge in [-0.3, -0.25) is 4.90 Å². The molecule has 0 unspecified atom stereocenters. The molecule has 4 heteroatoms. The van der Waals surface area contributed by atoms with E-state index in [-0.39, 0.29) is 0 Å². The number of nitrogens with one attached hydrogen (secondary N) is 1. The summed E-state index contributed by atoms with van der Waals surface area (Å²) in [5.41, 5.74) is 8.93. The van der Waals surface area contributed by atoms with Crippen LogP contribution in [0.4, 0.5) is 5.69 Å². The lowest BCUT2D eigenvalue weighted by Crippen LogP contribution is -2.53. The number of rotatable bonds is 2. The highest BCUT2D eigenvalue weighted by atomic mass is 16.3. The van der Waals surface area contributed by atoms with E-state index in [2.05, 4.69) is 24.1 Å². The van der Waals surface area contributed by atoms with Crippen molar-refractivity contribution >= 4 is 16.7 Å². The second-order valence-electron chi connectivity index (χ2n) is 5.61. The van der Waals surface area contributed by atoms with Crippen LogP contribution in [0.5, 0.6) is 0 Å². The first-order chi connectivity index (χ1) is 9.13. The van der Waals surface area contributed by atoms with Crippen molar-refractivity contribution in [3.63, 3.8) is 0 Å². The van der Waals surface area contributed by atoms with Gasteiger partial charge < -0.3 is 15.5 Å². The lowest BCUT2D eigenvalue weighted by Gasteiger charge is -2.37. The molecule has 3 N–H and O–H groups in total. The Morgan fingerprint density at radius 3 is 3.11 bits per heavy atom. The maximum absolute atomic E-state index is 5.98. The van der Waals surface area contributed by atoms with Crippen molar-refractivity contribution in [2.24, 2.45) is 0 Å². The molecule has 2 aromatic rings. The smallest absolute Gasteiger partial charge is 0.138 e. The van der Waals surface area contributed by atoms with Crippen LogP contribution in [0.3, 0.4) is 0 Å². The van der Waals surface area contributed by atoms with E-state index in [1.165, 1.54) is 5.56 Å². The Balaban J connectivity index is 1.89. The Hall–Kier alpha value is -1.52. The monoisotopic (exact) mass is 259 g/mol. The first-order valence-electron chi connectivity index (χ1n) is 6.86. The largest absolute Gasteiger partial charge is 0.464 e. The standard InChI is InChI=1S/C15H21N3O/c1-10-8-18(11(2)7-17-10)9-13-6-14(16)5-12-3-4-19-15(12)13/h3-6,10-11,17H,7-9,16H2,1-2H3/t10-,11+/m0/s1. The lowest BCUT2D eigenvalue weighted by molar-refractivity contribution is 0.139. The van der Waals surface area contributed by atoms with Crippen LogP contribution in [0.15, 0.2) is 28.9 Å². The third kappa shape index (κ3) is 2.46. The number of anilines is 1. The molecule has 1 aliphatic rings. The Bertz CT molecular complexity index is 578. The van der Waals surface area contributed by atoms with Crippen molar-refractivity contribution in [2.45, 2.75) is 32.5 Å². The summed E-state index contributed by atoms with van der Waals surface area (Å²) in [6.07, 6.45) is 1.73. The van der Waals surface area contributed by atoms with Gasteiger partial charge in [0, 0.05) is 48.4 Å². The van der Waals surface area contributed by atoms with E-state index < -0.39 is 0 Å². The van der Waals surface area contributed by atoms with Crippen LogP contribution in [0.25, 0.3) is 11.0 Å². The third-order valence-electron chi connectivity index (χ3n) is 3.92. The second-order valence-corrected chi connectivity index (χ2v) is 5.61. The highest BCUT2D eigenvalue weighted by Crippen LogP contribution is 2.25. The summed E-state index contributed by atoms with van der Waals surface area (Å²) in [5.74, 6) is 0. The van der Waals surface area contributed by atoms with Crippen molar-refractivity contribution in [2.75, 3.05) is 18.8 Å². The van der Waals surface area contributed by atoms with Gasteiger partial charge in [0.15, 0.2) is 0 Å². The van der Waals surface area contributed by atoms with Gasteiger partial charge in [0.1, 0.15) is 5.58 Å². The SMILES string of the molecule is C[C@@H]1CN[C@@H](C)CN1Cc1cc(N)cc2ccoc12. The minimum Gasteiger partial charge on any atom is -0.464 e. The topological polar surface area (TPSA) is 54.4 Å². The lowest BCUT2D eigenvalue weighted by atomic mass is 10.1. The summed E-state index contributed by atoms with van der Waals surface area (Å²) in [6, 6.07) is 7.03. The van der Waals surface area contributed by atoms with Crippen molar-refractivity contribution in [1.29, 1.82) is 0 Å². The molecular weight excluding hydrogens is 238 g/mol. The molecule has 1 fully saturated rings. The zero-order valence-corrected chi connectivity index (χ0v) is 11.5. The first kappa shape index (κ1) is 12.5. The molecule has 19 heavy (non-hydrogen) atoms. The zero-order valence-electron chi connectivity index (χ0n) is 11.5. The minimum atomic E-state index is 0.530. The maximum atomic E-state index is 5.98. The van der Waals surface area contributed by atoms with Gasteiger partial charge in [-0.2, -0.15) is 0 Å². The first-order valence-corrected chi connectivity index (χ1v) is 6.86. The predicted octanol–water partition coefficient (Wildman–Crippen LogP) is 2.20. The van der Waals surface area contributed by atoms with Gasteiger partial charge in [-0.25, -0.2) is 0 Å². The number of fused-ring (bicyclic) bond motifs is 1. The molecular formula is C15H21N3O. The van der Waals surface area contributed by atoms with Crippen LogP contribution in [-0.2, 0) is 6.54 Å². The molecule has 0 radical (unpaired) electrons. The summed E-state index contributed by atoms with van der Waals surface area (Å²) < 4.78 is 5.61. The van der Waals surface area contributed by atoms with Gasteiger partial charge in [0.2, 0.25) is 0 Å². The molecule has 2 heterocycles. The Morgan fingerprint density at radius 1 is 1.42 bits per heavy atom. The normalized spacial score (nSPS) is 24.9. The molecule has 0 bridgehead atoms. The molecule has 0 amide bonds. The zero-order chi connectivity index (χ0) is 13.4. The molecule has 1 aromatic carbocycles. The van der Waals surface area contributed by atoms with Crippen LogP contribution >= 0.6 is 0 Å². The average Bonchev–Trinajstić information content (AvgIpc) is 2.82. The number of piperazine rings is 1. The molecule has 4 nitrogen and oxygen atoms in total. The van der Waals surface area contributed by atoms with E-state index in [0.29, 0.717) is 12.1 Å². The number of hydrogen-bond donors (Lipinski definition) is 2. The average molecular weight is 259 g/mol. The molecule has 3 rings (SSSR count). The van der Waals surface area contributed by atoms with Crippen molar-refractivity contribution < 1.29 is 4.42 Å². The Labute approximate surface area is 113 Å². The van der Waals surface area contributed by atoms with E-state index >= 15 is 0 Å². The van der Waals surface area contributed by atoms with Crippen LogP contribution in [-0.4, -0.2) is 30.1 Å². The summed E-state index contributed by atoms with van der Waals surface area (Å²) in [4.78, 5) is 2.48. The van der Waals surface area contributed by atoms with Crippen LogP contribution in [0, 0.1) is 0 Å². The molecule has 0 saturated carbocycles. The van der Waals surface area contributed by atoms with Gasteiger partial charge in [-0.1, -0.05) is 0 Å². The summed E-state index contributed by atoms with van der Waals surface area (Å²) in [6.45, 7) is 7.45. The fraction of sp³-hybridized carbons (Fsp3) is 0.467. The van der Waals surface area contributed by atoms with E-state index in [0.717, 1.165) is 36.3 Å². The third-order valence-corrected chi connectivity index (χ3v) is 3.92. The minimum absolute atomic E-state index is 0.530. The van der Waals surface area contributed by atoms with Gasteiger partial charge in [0.25, 0.3) is 0 Å². The molecule has 0 aliphatic carbocycles. The Kier molecular flexibility index (Phi) is 3.21. The highest BCUT2D eigenvalue weighted by molar-refractivity contribution is 5.83. The van der Waals surface area contributed by atoms with E-state index in [1.54, 1.807) is 6.26 Å². The predicted molar refractivity (Wildman–Crippen MR) is 78.0 cm³/mol. The van der Waals surface area contributed by atoms with Gasteiger partial charge in [-0.05, 0) is 32.0 Å². The number of furan rings is 1. The Morgan fingerprint density at radius 2 is 2.26 bits per heavy atom. The van der Waals surface area contributed by atoms with Crippen LogP contribution in [0.2, 0.25) is 0 Å². The number of nitrogens with two attached hydrogens (primary N) is 1. The number of hydrogen-bond acceptors (Lipinski definition) is 4. The molecule has 0 spiro atoms. The quantitative estimate of drug-likeness (QED) is 0.812. The highest BCUT2D eigenvalue weighted by Gasteiger charge is 2.23. The van der Waals surface area contributed by atoms with E-state index in [9.17, 15) is 0 Å². The number of nitrogens with zero attached hydrogens (tertiary/aromatic N) is 1. The van der Waals surface area contributed by atoms with Crippen molar-refractivity contribution in [1.82, 2.24) is 10.2 Å². The summed E-state index contributed by atoms with van der Waals surface area (Å²) in [5, 5.41) is 4.59. The van der Waals surface area contributed by atoms with Crippen molar-refractivity contribution in [3.05, 3.63) is 30.0 Å². The molecule has 1 aromatic heterocycles. The van der Waals surface area contributed by atoms with E-state index in [4.69, 9.17) is 10.2 Å². The van der Waals surface area contributed by atoms with Crippen LogP contribution in [0.1, 0.15) is 19.4 Å². The molecule has 102 valence electrons. The second kappa shape index (κ2) is 4.87. The van der Waals surface area contributed by atoms with Gasteiger partial charge in [0.05, 0.1) is 6.26 Å². The van der Waals surface area contributed by atoms with Gasteiger partial charge >= 0.3 is 0 Å². The summed E-state index contributed by atoms with van der Waals surface area (Å²) >= 11 is 0. The van der Waals surface area contributed by atoms with Crippen LogP contribution < -0.4 is 11.1 Å². The fourth-order valence-corrected chi connectivity index (χ4v) is 2.84. The maximum Gasteiger partial charge on any atom is 0.138 e. The fourth-order valence-electron chi connectivity index (χ4n) is 2.84. The molecule has 2 atom stereocenters. The van der Waals surface area contributed by atoms with Gasteiger partial charge in [-0.15, -0.1) is 0 Å². The number of nitrogen functional groups attached to an aromatic ring is 1.